The van der Waals surface area contributed by atoms with Crippen LogP contribution in [-0.4, -0.2) is 22.9 Å². The first-order chi connectivity index (χ1) is 9.90. The first-order valence-electron chi connectivity index (χ1n) is 6.83. The van der Waals surface area contributed by atoms with Crippen molar-refractivity contribution < 1.29 is 9.53 Å². The molecular formula is C16H21N3O2. The van der Waals surface area contributed by atoms with E-state index < -0.39 is 11.5 Å². The minimum absolute atomic E-state index is 0.240. The molecule has 0 aliphatic rings. The summed E-state index contributed by atoms with van der Waals surface area (Å²) in [4.78, 5) is 12.3. The lowest BCUT2D eigenvalue weighted by molar-refractivity contribution is -0.148. The molecular weight excluding hydrogens is 266 g/mol. The smallest absolute Gasteiger partial charge is 0.332 e. The molecule has 2 rings (SSSR count). The lowest BCUT2D eigenvalue weighted by Crippen LogP contribution is -2.49. The lowest BCUT2D eigenvalue weighted by atomic mass is 9.91. The minimum Gasteiger partial charge on any atom is -0.467 e. The zero-order valence-corrected chi connectivity index (χ0v) is 12.9. The summed E-state index contributed by atoms with van der Waals surface area (Å²) in [6.07, 6.45) is 0. The molecule has 2 aromatic rings. The molecule has 1 aromatic heterocycles. The molecule has 112 valence electrons. The summed E-state index contributed by atoms with van der Waals surface area (Å²) in [6.45, 7) is 6.16. The Bertz CT molecular complexity index is 649. The summed E-state index contributed by atoms with van der Waals surface area (Å²) in [5, 5.41) is 4.47. The highest BCUT2D eigenvalue weighted by Crippen LogP contribution is 2.24. The van der Waals surface area contributed by atoms with Gasteiger partial charge in [0.25, 0.3) is 0 Å². The molecule has 1 aromatic carbocycles. The average molecular weight is 287 g/mol. The second-order valence-corrected chi connectivity index (χ2v) is 5.28. The first kappa shape index (κ1) is 15.3. The molecule has 21 heavy (non-hydrogen) atoms. The number of methoxy groups -OCH3 is 1. The number of nitrogens with two attached hydrogens (primary N) is 1. The number of carbonyl (C=O) groups excluding carboxylic acids is 1. The van der Waals surface area contributed by atoms with Gasteiger partial charge in [-0.25, -0.2) is 4.79 Å². The molecule has 0 amide bonds. The summed E-state index contributed by atoms with van der Waals surface area (Å²) in [7, 11) is 1.35. The van der Waals surface area contributed by atoms with Gasteiger partial charge in [0, 0.05) is 5.69 Å². The van der Waals surface area contributed by atoms with Crippen LogP contribution in [0.3, 0.4) is 0 Å². The van der Waals surface area contributed by atoms with E-state index in [0.29, 0.717) is 5.56 Å². The van der Waals surface area contributed by atoms with Crippen molar-refractivity contribution >= 4 is 5.97 Å². The van der Waals surface area contributed by atoms with Crippen LogP contribution in [0.25, 0.3) is 0 Å². The first-order valence-corrected chi connectivity index (χ1v) is 6.83. The molecule has 0 fully saturated rings. The fourth-order valence-corrected chi connectivity index (χ4v) is 2.37. The van der Waals surface area contributed by atoms with E-state index in [0.717, 1.165) is 17.0 Å². The zero-order valence-electron chi connectivity index (χ0n) is 12.9. The van der Waals surface area contributed by atoms with E-state index in [4.69, 9.17) is 10.5 Å². The molecule has 0 aliphatic heterocycles. The van der Waals surface area contributed by atoms with Gasteiger partial charge < -0.3 is 10.5 Å². The van der Waals surface area contributed by atoms with Gasteiger partial charge in [0.2, 0.25) is 0 Å². The number of rotatable bonds is 4. The van der Waals surface area contributed by atoms with Gasteiger partial charge in [-0.05, 0) is 31.9 Å². The maximum atomic E-state index is 12.3. The van der Waals surface area contributed by atoms with Gasteiger partial charge in [0.15, 0.2) is 5.54 Å². The summed E-state index contributed by atoms with van der Waals surface area (Å²) in [5.74, 6) is -0.473. The van der Waals surface area contributed by atoms with E-state index >= 15 is 0 Å². The summed E-state index contributed by atoms with van der Waals surface area (Å²) in [5.41, 5.74) is 8.90. The van der Waals surface area contributed by atoms with Crippen molar-refractivity contribution in [2.75, 3.05) is 7.11 Å². The van der Waals surface area contributed by atoms with Crippen LogP contribution in [0.2, 0.25) is 0 Å². The fraction of sp³-hybridized carbons (Fsp3) is 0.375. The molecule has 5 heteroatoms. The van der Waals surface area contributed by atoms with Gasteiger partial charge in [-0.1, -0.05) is 30.3 Å². The average Bonchev–Trinajstić information content (AvgIpc) is 2.74. The third kappa shape index (κ3) is 2.69. The van der Waals surface area contributed by atoms with Crippen molar-refractivity contribution in [3.05, 3.63) is 52.8 Å². The number of hydrogen-bond acceptors (Lipinski definition) is 4. The molecule has 5 nitrogen and oxygen atoms in total. The van der Waals surface area contributed by atoms with E-state index in [2.05, 4.69) is 5.10 Å². The number of carbonyl (C=O) groups is 1. The van der Waals surface area contributed by atoms with E-state index in [1.54, 1.807) is 4.68 Å². The third-order valence-electron chi connectivity index (χ3n) is 3.98. The summed E-state index contributed by atoms with van der Waals surface area (Å²) < 4.78 is 6.69. The van der Waals surface area contributed by atoms with Crippen molar-refractivity contribution in [2.24, 2.45) is 5.73 Å². The largest absolute Gasteiger partial charge is 0.467 e. The number of benzene rings is 1. The minimum atomic E-state index is -1.26. The number of esters is 1. The van der Waals surface area contributed by atoms with Crippen molar-refractivity contribution in [3.63, 3.8) is 0 Å². The molecule has 2 N–H and O–H groups in total. The summed E-state index contributed by atoms with van der Waals surface area (Å²) in [6, 6.07) is 9.25. The van der Waals surface area contributed by atoms with Crippen LogP contribution in [-0.2, 0) is 21.6 Å². The molecule has 1 heterocycles. The van der Waals surface area contributed by atoms with Gasteiger partial charge in [-0.2, -0.15) is 5.10 Å². The monoisotopic (exact) mass is 287 g/mol. The Balaban J connectivity index is 2.47. The van der Waals surface area contributed by atoms with Crippen molar-refractivity contribution in [3.8, 4) is 0 Å². The quantitative estimate of drug-likeness (QED) is 0.871. The Morgan fingerprint density at radius 2 is 1.90 bits per heavy atom. The topological polar surface area (TPSA) is 70.1 Å². The predicted molar refractivity (Wildman–Crippen MR) is 80.8 cm³/mol. The number of hydrogen-bond donors (Lipinski definition) is 1. The number of nitrogens with zero attached hydrogens (tertiary/aromatic N) is 2. The van der Waals surface area contributed by atoms with E-state index in [-0.39, 0.29) is 6.54 Å². The Hall–Kier alpha value is -2.14. The molecule has 0 bridgehead atoms. The predicted octanol–water partition coefficient (Wildman–Crippen LogP) is 1.84. The van der Waals surface area contributed by atoms with Crippen LogP contribution < -0.4 is 5.73 Å². The third-order valence-corrected chi connectivity index (χ3v) is 3.98. The maximum absolute atomic E-state index is 12.3. The Kier molecular flexibility index (Phi) is 4.14. The number of ether oxygens (including phenoxy) is 1. The number of aryl methyl sites for hydroxylation is 1. The molecule has 1 atom stereocenters. The highest BCUT2D eigenvalue weighted by molar-refractivity contribution is 5.82. The Morgan fingerprint density at radius 3 is 2.38 bits per heavy atom. The zero-order chi connectivity index (χ0) is 15.6. The van der Waals surface area contributed by atoms with Crippen LogP contribution in [0.15, 0.2) is 30.3 Å². The highest BCUT2D eigenvalue weighted by atomic mass is 16.5. The molecule has 0 spiro atoms. The van der Waals surface area contributed by atoms with Crippen LogP contribution >= 0.6 is 0 Å². The van der Waals surface area contributed by atoms with Crippen molar-refractivity contribution in [1.82, 2.24) is 9.78 Å². The van der Waals surface area contributed by atoms with Crippen LogP contribution in [0, 0.1) is 20.8 Å². The normalized spacial score (nSPS) is 13.8. The van der Waals surface area contributed by atoms with Gasteiger partial charge in [0.05, 0.1) is 19.3 Å². The van der Waals surface area contributed by atoms with Crippen LogP contribution in [0.4, 0.5) is 0 Å². The van der Waals surface area contributed by atoms with Gasteiger partial charge in [0.1, 0.15) is 0 Å². The second-order valence-electron chi connectivity index (χ2n) is 5.28. The molecule has 0 saturated carbocycles. The summed E-state index contributed by atoms with van der Waals surface area (Å²) >= 11 is 0. The van der Waals surface area contributed by atoms with Crippen LogP contribution in [0.5, 0.6) is 0 Å². The fourth-order valence-electron chi connectivity index (χ4n) is 2.37. The number of aromatic nitrogens is 2. The van der Waals surface area contributed by atoms with Crippen LogP contribution in [0.1, 0.15) is 22.5 Å². The van der Waals surface area contributed by atoms with Crippen molar-refractivity contribution in [1.29, 1.82) is 0 Å². The standard InChI is InChI=1S/C16H21N3O2/c1-11-12(2)18-19(13(11)3)10-16(17,15(20)21-4)14-8-6-5-7-9-14/h5-9H,10,17H2,1-4H3. The molecule has 0 radical (unpaired) electrons. The second kappa shape index (κ2) is 5.69. The SMILES string of the molecule is COC(=O)C(N)(Cn1nc(C)c(C)c1C)c1ccccc1. The van der Waals surface area contributed by atoms with E-state index in [9.17, 15) is 4.79 Å². The lowest BCUT2D eigenvalue weighted by Gasteiger charge is -2.27. The van der Waals surface area contributed by atoms with Gasteiger partial charge in [-0.15, -0.1) is 0 Å². The van der Waals surface area contributed by atoms with Gasteiger partial charge in [-0.3, -0.25) is 4.68 Å². The maximum Gasteiger partial charge on any atom is 0.332 e. The highest BCUT2D eigenvalue weighted by Gasteiger charge is 2.38. The Labute approximate surface area is 124 Å². The van der Waals surface area contributed by atoms with E-state index in [1.807, 2.05) is 51.1 Å². The molecule has 1 unspecified atom stereocenters. The van der Waals surface area contributed by atoms with Crippen molar-refractivity contribution in [2.45, 2.75) is 32.9 Å². The van der Waals surface area contributed by atoms with Gasteiger partial charge >= 0.3 is 5.97 Å². The molecule has 0 saturated heterocycles. The van der Waals surface area contributed by atoms with E-state index in [1.165, 1.54) is 7.11 Å². The molecule has 0 aliphatic carbocycles. The Morgan fingerprint density at radius 1 is 1.29 bits per heavy atom.